The minimum atomic E-state index is -4.49. The number of halogens is 4. The van der Waals surface area contributed by atoms with Crippen LogP contribution in [0.3, 0.4) is 0 Å². The largest absolute Gasteiger partial charge is 0.408 e. The van der Waals surface area contributed by atoms with Gasteiger partial charge in [0.25, 0.3) is 5.56 Å². The van der Waals surface area contributed by atoms with Crippen LogP contribution in [-0.2, 0) is 11.3 Å². The quantitative estimate of drug-likeness (QED) is 0.849. The summed E-state index contributed by atoms with van der Waals surface area (Å²) < 4.78 is 42.2. The first kappa shape index (κ1) is 17.0. The number of nitrogens with one attached hydrogen (secondary N) is 1. The second-order valence-electron chi connectivity index (χ2n) is 4.16. The Morgan fingerprint density at radius 3 is 2.70 bits per heavy atom. The van der Waals surface area contributed by atoms with Gasteiger partial charge in [0, 0.05) is 13.2 Å². The van der Waals surface area contributed by atoms with E-state index in [1.807, 2.05) is 6.92 Å². The first-order chi connectivity index (χ1) is 9.28. The summed E-state index contributed by atoms with van der Waals surface area (Å²) in [5, 5.41) is 6.52. The first-order valence-corrected chi connectivity index (χ1v) is 6.65. The van der Waals surface area contributed by atoms with Crippen molar-refractivity contribution in [2.75, 3.05) is 19.0 Å². The van der Waals surface area contributed by atoms with Gasteiger partial charge in [-0.05, 0) is 22.4 Å². The van der Waals surface area contributed by atoms with Crippen LogP contribution in [0.25, 0.3) is 0 Å². The molecule has 0 aliphatic rings. The van der Waals surface area contributed by atoms with Gasteiger partial charge in [-0.15, -0.1) is 0 Å². The molecule has 1 N–H and O–H groups in total. The summed E-state index contributed by atoms with van der Waals surface area (Å²) in [6.07, 6.45) is -2.57. The van der Waals surface area contributed by atoms with Crippen molar-refractivity contribution in [3.63, 3.8) is 0 Å². The van der Waals surface area contributed by atoms with E-state index in [-0.39, 0.29) is 10.5 Å². The van der Waals surface area contributed by atoms with Crippen LogP contribution in [-0.4, -0.2) is 35.7 Å². The molecular formula is C11H15BrF3N3O2. The lowest BCUT2D eigenvalue weighted by Gasteiger charge is -2.18. The van der Waals surface area contributed by atoms with Gasteiger partial charge in [-0.1, -0.05) is 6.92 Å². The minimum absolute atomic E-state index is 0.0197. The molecular weight excluding hydrogens is 343 g/mol. The number of nitrogens with zero attached hydrogens (tertiary/aromatic N) is 2. The van der Waals surface area contributed by atoms with Crippen molar-refractivity contribution in [2.24, 2.45) is 0 Å². The Kier molecular flexibility index (Phi) is 6.00. The molecule has 9 heteroatoms. The lowest BCUT2D eigenvalue weighted by atomic mass is 10.2. The van der Waals surface area contributed by atoms with E-state index in [1.54, 1.807) is 7.11 Å². The second kappa shape index (κ2) is 7.07. The second-order valence-corrected chi connectivity index (χ2v) is 4.95. The molecule has 1 aromatic rings. The highest BCUT2D eigenvalue weighted by Gasteiger charge is 2.29. The highest BCUT2D eigenvalue weighted by molar-refractivity contribution is 9.10. The van der Waals surface area contributed by atoms with E-state index in [4.69, 9.17) is 4.74 Å². The summed E-state index contributed by atoms with van der Waals surface area (Å²) in [4.78, 5) is 11.8. The van der Waals surface area contributed by atoms with Gasteiger partial charge in [0.15, 0.2) is 0 Å². The fourth-order valence-corrected chi connectivity index (χ4v) is 1.95. The maximum atomic E-state index is 12.3. The fourth-order valence-electron chi connectivity index (χ4n) is 1.53. The number of hydrogen-bond acceptors (Lipinski definition) is 4. The molecule has 0 saturated carbocycles. The average Bonchev–Trinajstić information content (AvgIpc) is 2.36. The van der Waals surface area contributed by atoms with Gasteiger partial charge in [0.1, 0.15) is 11.0 Å². The zero-order chi connectivity index (χ0) is 15.3. The molecule has 1 atom stereocenters. The van der Waals surface area contributed by atoms with Crippen molar-refractivity contribution in [3.05, 3.63) is 21.0 Å². The number of aromatic nitrogens is 2. The van der Waals surface area contributed by atoms with Crippen molar-refractivity contribution >= 4 is 21.6 Å². The third-order valence-corrected chi connectivity index (χ3v) is 3.30. The van der Waals surface area contributed by atoms with E-state index < -0.39 is 18.3 Å². The predicted octanol–water partition coefficient (Wildman–Crippen LogP) is 2.41. The molecule has 114 valence electrons. The van der Waals surface area contributed by atoms with E-state index in [2.05, 4.69) is 26.3 Å². The average molecular weight is 358 g/mol. The van der Waals surface area contributed by atoms with Gasteiger partial charge in [0.2, 0.25) is 0 Å². The van der Waals surface area contributed by atoms with Crippen LogP contribution in [0, 0.1) is 0 Å². The van der Waals surface area contributed by atoms with E-state index in [0.717, 1.165) is 6.42 Å². The third kappa shape index (κ3) is 4.78. The molecule has 0 amide bonds. The van der Waals surface area contributed by atoms with Crippen molar-refractivity contribution in [3.8, 4) is 0 Å². The van der Waals surface area contributed by atoms with Crippen molar-refractivity contribution in [1.82, 2.24) is 9.78 Å². The molecule has 0 radical (unpaired) electrons. The zero-order valence-electron chi connectivity index (χ0n) is 11.0. The zero-order valence-corrected chi connectivity index (χ0v) is 12.6. The standard InChI is InChI=1S/C11H15BrF3N3O2/c1-3-7(5-20-2)17-8-4-16-18(6-11(13,14)15)10(19)9(8)12/h4,7,17H,3,5-6H2,1-2H3. The smallest absolute Gasteiger partial charge is 0.383 e. The Balaban J connectivity index is 2.97. The first-order valence-electron chi connectivity index (χ1n) is 5.86. The lowest BCUT2D eigenvalue weighted by Crippen LogP contribution is -2.32. The molecule has 0 aromatic carbocycles. The summed E-state index contributed by atoms with van der Waals surface area (Å²) in [6, 6.07) is -0.0593. The summed E-state index contributed by atoms with van der Waals surface area (Å²) in [7, 11) is 1.54. The van der Waals surface area contributed by atoms with Gasteiger partial charge in [-0.3, -0.25) is 4.79 Å². The van der Waals surface area contributed by atoms with Crippen molar-refractivity contribution < 1.29 is 17.9 Å². The third-order valence-electron chi connectivity index (χ3n) is 2.53. The van der Waals surface area contributed by atoms with Crippen molar-refractivity contribution in [2.45, 2.75) is 32.1 Å². The maximum absolute atomic E-state index is 12.3. The van der Waals surface area contributed by atoms with E-state index in [0.29, 0.717) is 17.0 Å². The number of methoxy groups -OCH3 is 1. The number of ether oxygens (including phenoxy) is 1. The number of hydrogen-bond donors (Lipinski definition) is 1. The van der Waals surface area contributed by atoms with Crippen LogP contribution in [0.4, 0.5) is 18.9 Å². The van der Waals surface area contributed by atoms with E-state index in [1.165, 1.54) is 6.20 Å². The summed E-state index contributed by atoms with van der Waals surface area (Å²) >= 11 is 3.00. The van der Waals surface area contributed by atoms with Crippen LogP contribution >= 0.6 is 15.9 Å². The Bertz CT molecular complexity index is 505. The molecule has 1 aromatic heterocycles. The van der Waals surface area contributed by atoms with Crippen LogP contribution in [0.1, 0.15) is 13.3 Å². The molecule has 1 heterocycles. The molecule has 0 saturated heterocycles. The lowest BCUT2D eigenvalue weighted by molar-refractivity contribution is -0.143. The van der Waals surface area contributed by atoms with Gasteiger partial charge in [0.05, 0.1) is 18.5 Å². The number of anilines is 1. The topological polar surface area (TPSA) is 56.1 Å². The highest BCUT2D eigenvalue weighted by atomic mass is 79.9. The molecule has 0 fully saturated rings. The Morgan fingerprint density at radius 2 is 2.20 bits per heavy atom. The monoisotopic (exact) mass is 357 g/mol. The molecule has 5 nitrogen and oxygen atoms in total. The SMILES string of the molecule is CCC(COC)Nc1cnn(CC(F)(F)F)c(=O)c1Br. The van der Waals surface area contributed by atoms with Crippen LogP contribution in [0.15, 0.2) is 15.5 Å². The Hall–Kier alpha value is -1.09. The predicted molar refractivity (Wildman–Crippen MR) is 71.8 cm³/mol. The van der Waals surface area contributed by atoms with Gasteiger partial charge in [-0.25, -0.2) is 4.68 Å². The van der Waals surface area contributed by atoms with E-state index >= 15 is 0 Å². The van der Waals surface area contributed by atoms with Crippen LogP contribution in [0.2, 0.25) is 0 Å². The molecule has 0 spiro atoms. The summed E-state index contributed by atoms with van der Waals surface area (Å²) in [6.45, 7) is 0.914. The normalized spacial score (nSPS) is 13.3. The van der Waals surface area contributed by atoms with Crippen molar-refractivity contribution in [1.29, 1.82) is 0 Å². The molecule has 1 rings (SSSR count). The van der Waals surface area contributed by atoms with Gasteiger partial charge < -0.3 is 10.1 Å². The minimum Gasteiger partial charge on any atom is -0.383 e. The van der Waals surface area contributed by atoms with Crippen LogP contribution in [0.5, 0.6) is 0 Å². The van der Waals surface area contributed by atoms with E-state index in [9.17, 15) is 18.0 Å². The Morgan fingerprint density at radius 1 is 1.55 bits per heavy atom. The molecule has 1 unspecified atom stereocenters. The molecule has 0 aliphatic heterocycles. The van der Waals surface area contributed by atoms with Crippen LogP contribution < -0.4 is 10.9 Å². The summed E-state index contributed by atoms with van der Waals surface area (Å²) in [5.41, 5.74) is -0.489. The van der Waals surface area contributed by atoms with Gasteiger partial charge >= 0.3 is 6.18 Å². The molecule has 20 heavy (non-hydrogen) atoms. The molecule has 0 bridgehead atoms. The Labute approximate surface area is 122 Å². The maximum Gasteiger partial charge on any atom is 0.408 e. The fraction of sp³-hybridized carbons (Fsp3) is 0.636. The number of rotatable bonds is 6. The molecule has 0 aliphatic carbocycles. The summed E-state index contributed by atoms with van der Waals surface area (Å²) in [5.74, 6) is 0. The van der Waals surface area contributed by atoms with Gasteiger partial charge in [-0.2, -0.15) is 18.3 Å². The number of alkyl halides is 3. The highest BCUT2D eigenvalue weighted by Crippen LogP contribution is 2.20.